The zero-order valence-electron chi connectivity index (χ0n) is 14.3. The van der Waals surface area contributed by atoms with E-state index in [0.717, 1.165) is 25.4 Å². The van der Waals surface area contributed by atoms with Crippen LogP contribution >= 0.6 is 0 Å². The predicted molar refractivity (Wildman–Crippen MR) is 88.4 cm³/mol. The lowest BCUT2D eigenvalue weighted by Crippen LogP contribution is -2.58. The number of nitrogens with one attached hydrogen (secondary N) is 1. The lowest BCUT2D eigenvalue weighted by molar-refractivity contribution is 0.0927. The van der Waals surface area contributed by atoms with Gasteiger partial charge in [-0.1, -0.05) is 27.7 Å². The summed E-state index contributed by atoms with van der Waals surface area (Å²) in [7, 11) is 2.08. The third-order valence-electron chi connectivity index (χ3n) is 4.61. The Kier molecular flexibility index (Phi) is 5.82. The summed E-state index contributed by atoms with van der Waals surface area (Å²) < 4.78 is 2.14. The zero-order chi connectivity index (χ0) is 15.4. The molecule has 0 aliphatic carbocycles. The topological polar surface area (TPSA) is 33.1 Å². The van der Waals surface area contributed by atoms with Crippen LogP contribution in [0.4, 0.5) is 0 Å². The highest BCUT2D eigenvalue weighted by Gasteiger charge is 2.29. The van der Waals surface area contributed by atoms with Crippen LogP contribution in [0.1, 0.15) is 39.9 Å². The summed E-state index contributed by atoms with van der Waals surface area (Å²) in [5, 5.41) is 3.75. The first-order valence-electron chi connectivity index (χ1n) is 8.41. The van der Waals surface area contributed by atoms with E-state index in [0.29, 0.717) is 18.0 Å². The highest BCUT2D eigenvalue weighted by Crippen LogP contribution is 2.18. The van der Waals surface area contributed by atoms with Crippen LogP contribution in [0, 0.1) is 11.8 Å². The zero-order valence-corrected chi connectivity index (χ0v) is 14.3. The molecule has 120 valence electrons. The average molecular weight is 292 g/mol. The minimum atomic E-state index is 0.640. The van der Waals surface area contributed by atoms with Crippen LogP contribution in [0.2, 0.25) is 0 Å². The van der Waals surface area contributed by atoms with Gasteiger partial charge in [-0.05, 0) is 18.3 Å². The Morgan fingerprint density at radius 2 is 2.10 bits per heavy atom. The Morgan fingerprint density at radius 1 is 1.33 bits per heavy atom. The molecular formula is C17H32N4. The maximum atomic E-state index is 4.46. The van der Waals surface area contributed by atoms with Crippen molar-refractivity contribution in [1.29, 1.82) is 0 Å². The number of aromatic nitrogens is 2. The second-order valence-electron chi connectivity index (χ2n) is 7.25. The summed E-state index contributed by atoms with van der Waals surface area (Å²) >= 11 is 0. The van der Waals surface area contributed by atoms with Gasteiger partial charge in [0.2, 0.25) is 0 Å². The molecule has 1 N–H and O–H groups in total. The number of imidazole rings is 1. The Bertz CT molecular complexity index is 424. The Balaban J connectivity index is 1.95. The van der Waals surface area contributed by atoms with Crippen LogP contribution in [0.5, 0.6) is 0 Å². The van der Waals surface area contributed by atoms with Crippen LogP contribution in [-0.2, 0) is 13.5 Å². The molecule has 2 unspecified atom stereocenters. The molecule has 0 aromatic carbocycles. The van der Waals surface area contributed by atoms with E-state index in [1.54, 1.807) is 0 Å². The van der Waals surface area contributed by atoms with E-state index in [1.807, 2.05) is 12.4 Å². The van der Waals surface area contributed by atoms with Crippen LogP contribution < -0.4 is 5.32 Å². The smallest absolute Gasteiger partial charge is 0.109 e. The van der Waals surface area contributed by atoms with Crippen LogP contribution in [0.15, 0.2) is 12.4 Å². The van der Waals surface area contributed by atoms with Crippen molar-refractivity contribution in [1.82, 2.24) is 19.8 Å². The molecule has 1 aliphatic heterocycles. The molecule has 0 saturated carbocycles. The van der Waals surface area contributed by atoms with Gasteiger partial charge in [0.05, 0.1) is 0 Å². The first kappa shape index (κ1) is 16.5. The van der Waals surface area contributed by atoms with Gasteiger partial charge in [0, 0.05) is 57.6 Å². The van der Waals surface area contributed by atoms with Gasteiger partial charge in [0.1, 0.15) is 5.82 Å². The molecule has 2 rings (SSSR count). The van der Waals surface area contributed by atoms with Crippen molar-refractivity contribution in [2.24, 2.45) is 18.9 Å². The van der Waals surface area contributed by atoms with Crippen LogP contribution in [0.25, 0.3) is 0 Å². The quantitative estimate of drug-likeness (QED) is 0.873. The molecule has 1 aliphatic rings. The average Bonchev–Trinajstić information content (AvgIpc) is 2.81. The van der Waals surface area contributed by atoms with E-state index in [2.05, 4.69) is 54.5 Å². The molecule has 1 saturated heterocycles. The summed E-state index contributed by atoms with van der Waals surface area (Å²) in [5.74, 6) is 2.64. The normalized spacial score (nSPS) is 24.1. The maximum absolute atomic E-state index is 4.46. The molecule has 1 aromatic rings. The van der Waals surface area contributed by atoms with E-state index >= 15 is 0 Å². The van der Waals surface area contributed by atoms with E-state index in [-0.39, 0.29) is 0 Å². The summed E-state index contributed by atoms with van der Waals surface area (Å²) in [4.78, 5) is 7.14. The molecule has 4 nitrogen and oxygen atoms in total. The molecular weight excluding hydrogens is 260 g/mol. The van der Waals surface area contributed by atoms with Crippen molar-refractivity contribution in [2.45, 2.75) is 52.6 Å². The molecule has 0 bridgehead atoms. The largest absolute Gasteiger partial charge is 0.338 e. The number of nitrogens with zero attached hydrogens (tertiary/aromatic N) is 3. The Hall–Kier alpha value is -0.870. The van der Waals surface area contributed by atoms with Crippen molar-refractivity contribution in [3.63, 3.8) is 0 Å². The molecule has 0 amide bonds. The number of aryl methyl sites for hydroxylation is 1. The molecule has 2 atom stereocenters. The van der Waals surface area contributed by atoms with E-state index in [9.17, 15) is 0 Å². The van der Waals surface area contributed by atoms with Gasteiger partial charge in [-0.25, -0.2) is 4.98 Å². The summed E-state index contributed by atoms with van der Waals surface area (Å²) in [6.07, 6.45) is 6.24. The second-order valence-corrected chi connectivity index (χ2v) is 7.25. The number of hydrogen-bond acceptors (Lipinski definition) is 3. The van der Waals surface area contributed by atoms with Crippen molar-refractivity contribution >= 4 is 0 Å². The lowest BCUT2D eigenvalue weighted by Gasteiger charge is -2.43. The summed E-state index contributed by atoms with van der Waals surface area (Å²) in [6.45, 7) is 12.7. The lowest BCUT2D eigenvalue weighted by atomic mass is 9.95. The molecule has 1 fully saturated rings. The minimum absolute atomic E-state index is 0.640. The first-order chi connectivity index (χ1) is 9.97. The van der Waals surface area contributed by atoms with E-state index < -0.39 is 0 Å². The molecule has 4 heteroatoms. The van der Waals surface area contributed by atoms with Crippen LogP contribution in [-0.4, -0.2) is 46.2 Å². The Morgan fingerprint density at radius 3 is 2.67 bits per heavy atom. The number of piperazine rings is 1. The van der Waals surface area contributed by atoms with Gasteiger partial charge in [-0.3, -0.25) is 4.90 Å². The first-order valence-corrected chi connectivity index (χ1v) is 8.41. The van der Waals surface area contributed by atoms with Crippen molar-refractivity contribution < 1.29 is 0 Å². The molecule has 21 heavy (non-hydrogen) atoms. The van der Waals surface area contributed by atoms with Crippen LogP contribution in [0.3, 0.4) is 0 Å². The van der Waals surface area contributed by atoms with Gasteiger partial charge in [-0.2, -0.15) is 0 Å². The third kappa shape index (κ3) is 4.55. The fourth-order valence-electron chi connectivity index (χ4n) is 3.42. The van der Waals surface area contributed by atoms with Crippen molar-refractivity contribution in [3.8, 4) is 0 Å². The standard InChI is InChI=1S/C17H32N4/c1-13(2)10-15-12-21(16(11-19-15)14(3)4)8-6-17-18-7-9-20(17)5/h7,9,13-16,19H,6,8,10-12H2,1-5H3. The number of hydrogen-bond donors (Lipinski definition) is 1. The summed E-state index contributed by atoms with van der Waals surface area (Å²) in [5.41, 5.74) is 0. The molecule has 0 radical (unpaired) electrons. The van der Waals surface area contributed by atoms with Gasteiger partial charge in [0.25, 0.3) is 0 Å². The van der Waals surface area contributed by atoms with Gasteiger partial charge >= 0.3 is 0 Å². The minimum Gasteiger partial charge on any atom is -0.338 e. The van der Waals surface area contributed by atoms with E-state index in [1.165, 1.54) is 18.8 Å². The van der Waals surface area contributed by atoms with E-state index in [4.69, 9.17) is 0 Å². The number of rotatable bonds is 6. The van der Waals surface area contributed by atoms with Gasteiger partial charge in [-0.15, -0.1) is 0 Å². The third-order valence-corrected chi connectivity index (χ3v) is 4.61. The van der Waals surface area contributed by atoms with Crippen molar-refractivity contribution in [3.05, 3.63) is 18.2 Å². The monoisotopic (exact) mass is 292 g/mol. The second kappa shape index (κ2) is 7.41. The maximum Gasteiger partial charge on any atom is 0.109 e. The Labute approximate surface area is 129 Å². The molecule has 0 spiro atoms. The highest BCUT2D eigenvalue weighted by atomic mass is 15.2. The predicted octanol–water partition coefficient (Wildman–Crippen LogP) is 2.31. The summed E-state index contributed by atoms with van der Waals surface area (Å²) in [6, 6.07) is 1.29. The fourth-order valence-corrected chi connectivity index (χ4v) is 3.42. The van der Waals surface area contributed by atoms with Crippen molar-refractivity contribution in [2.75, 3.05) is 19.6 Å². The molecule has 2 heterocycles. The SMILES string of the molecule is CC(C)CC1CN(CCc2nccn2C)C(C(C)C)CN1. The molecule has 1 aromatic heterocycles. The fraction of sp³-hybridized carbons (Fsp3) is 0.824. The van der Waals surface area contributed by atoms with Gasteiger partial charge < -0.3 is 9.88 Å². The highest BCUT2D eigenvalue weighted by molar-refractivity contribution is 4.94. The van der Waals surface area contributed by atoms with Gasteiger partial charge in [0.15, 0.2) is 0 Å².